The zero-order valence-electron chi connectivity index (χ0n) is 13.3. The van der Waals surface area contributed by atoms with Gasteiger partial charge < -0.3 is 5.32 Å². The molecule has 1 amide bonds. The van der Waals surface area contributed by atoms with Crippen LogP contribution in [0.25, 0.3) is 11.3 Å². The highest BCUT2D eigenvalue weighted by molar-refractivity contribution is 6.30. The number of carbonyl (C=O) groups excluding carboxylic acids is 1. The van der Waals surface area contributed by atoms with E-state index in [0.717, 1.165) is 12.1 Å². The molecule has 0 unspecified atom stereocenters. The van der Waals surface area contributed by atoms with E-state index in [-0.39, 0.29) is 5.69 Å². The molecule has 0 atom stereocenters. The van der Waals surface area contributed by atoms with Crippen molar-refractivity contribution < 1.29 is 13.6 Å². The van der Waals surface area contributed by atoms with Crippen molar-refractivity contribution in [1.29, 1.82) is 0 Å². The molecule has 0 fully saturated rings. The number of anilines is 1. The van der Waals surface area contributed by atoms with Crippen molar-refractivity contribution in [2.45, 2.75) is 6.92 Å². The number of aromatic nitrogens is 3. The lowest BCUT2D eigenvalue weighted by molar-refractivity contribution is 0.102. The van der Waals surface area contributed by atoms with E-state index in [0.29, 0.717) is 22.0 Å². The number of hydrogen-bond donors (Lipinski definition) is 1. The van der Waals surface area contributed by atoms with Crippen LogP contribution in [0.2, 0.25) is 5.02 Å². The second-order valence-corrected chi connectivity index (χ2v) is 5.81. The zero-order chi connectivity index (χ0) is 18.1. The maximum atomic E-state index is 13.7. The summed E-state index contributed by atoms with van der Waals surface area (Å²) in [5, 5.41) is 6.75. The molecule has 2 heterocycles. The highest BCUT2D eigenvalue weighted by Crippen LogP contribution is 2.26. The number of nitrogens with one attached hydrogen (secondary N) is 1. The number of amides is 1. The van der Waals surface area contributed by atoms with Gasteiger partial charge in [-0.25, -0.2) is 8.78 Å². The Labute approximate surface area is 147 Å². The van der Waals surface area contributed by atoms with Gasteiger partial charge in [0.1, 0.15) is 17.3 Å². The maximum absolute atomic E-state index is 13.7. The predicted octanol–water partition coefficient (Wildman–Crippen LogP) is 3.97. The van der Waals surface area contributed by atoms with Crippen LogP contribution in [0.4, 0.5) is 14.5 Å². The summed E-state index contributed by atoms with van der Waals surface area (Å²) in [6.07, 6.45) is 1.52. The predicted molar refractivity (Wildman–Crippen MR) is 90.5 cm³/mol. The van der Waals surface area contributed by atoms with E-state index in [1.165, 1.54) is 23.0 Å². The summed E-state index contributed by atoms with van der Waals surface area (Å²) in [7, 11) is 1.65. The molecule has 5 nitrogen and oxygen atoms in total. The van der Waals surface area contributed by atoms with Crippen LogP contribution in [-0.4, -0.2) is 20.7 Å². The largest absolute Gasteiger partial charge is 0.316 e. The van der Waals surface area contributed by atoms with E-state index in [2.05, 4.69) is 15.4 Å². The molecule has 0 saturated heterocycles. The van der Waals surface area contributed by atoms with Gasteiger partial charge in [0.2, 0.25) is 0 Å². The van der Waals surface area contributed by atoms with Crippen LogP contribution >= 0.6 is 11.6 Å². The monoisotopic (exact) mass is 362 g/mol. The Morgan fingerprint density at radius 3 is 2.60 bits per heavy atom. The summed E-state index contributed by atoms with van der Waals surface area (Å²) in [5.41, 5.74) is 1.52. The number of pyridine rings is 1. The normalized spacial score (nSPS) is 10.8. The van der Waals surface area contributed by atoms with Gasteiger partial charge in [-0.3, -0.25) is 14.5 Å². The summed E-state index contributed by atoms with van der Waals surface area (Å²) < 4.78 is 28.8. The molecule has 128 valence electrons. The number of hydrogen-bond acceptors (Lipinski definition) is 3. The number of aryl methyl sites for hydroxylation is 2. The number of halogens is 3. The van der Waals surface area contributed by atoms with E-state index >= 15 is 0 Å². The number of rotatable bonds is 3. The highest BCUT2D eigenvalue weighted by atomic mass is 35.5. The molecular formula is C17H13ClF2N4O. The third-order valence-corrected chi connectivity index (χ3v) is 3.85. The van der Waals surface area contributed by atoms with E-state index in [4.69, 9.17) is 11.6 Å². The molecule has 0 saturated carbocycles. The Balaban J connectivity index is 1.95. The van der Waals surface area contributed by atoms with Gasteiger partial charge in [0.05, 0.1) is 10.7 Å². The minimum absolute atomic E-state index is 0.0135. The SMILES string of the molecule is Cc1ncc(Cl)cc1-c1cc(C(=O)Nc2c(F)cccc2F)nn1C. The van der Waals surface area contributed by atoms with Gasteiger partial charge in [0.25, 0.3) is 5.91 Å². The van der Waals surface area contributed by atoms with Gasteiger partial charge in [-0.15, -0.1) is 0 Å². The second-order valence-electron chi connectivity index (χ2n) is 5.38. The lowest BCUT2D eigenvalue weighted by atomic mass is 10.1. The molecule has 25 heavy (non-hydrogen) atoms. The first-order valence-electron chi connectivity index (χ1n) is 7.28. The van der Waals surface area contributed by atoms with Gasteiger partial charge in [-0.2, -0.15) is 5.10 Å². The second kappa shape index (κ2) is 6.60. The fourth-order valence-corrected chi connectivity index (χ4v) is 2.55. The van der Waals surface area contributed by atoms with Crippen molar-refractivity contribution in [2.75, 3.05) is 5.32 Å². The molecule has 0 spiro atoms. The van der Waals surface area contributed by atoms with Crippen LogP contribution in [0.1, 0.15) is 16.2 Å². The molecule has 0 bridgehead atoms. The van der Waals surface area contributed by atoms with Crippen LogP contribution in [0.3, 0.4) is 0 Å². The molecule has 3 aromatic rings. The third kappa shape index (κ3) is 3.36. The summed E-state index contributed by atoms with van der Waals surface area (Å²) >= 11 is 5.98. The van der Waals surface area contributed by atoms with E-state index in [1.807, 2.05) is 0 Å². The average molecular weight is 363 g/mol. The standard InChI is InChI=1S/C17H13ClF2N4O/c1-9-11(6-10(18)8-21-9)15-7-14(23-24(15)2)17(25)22-16-12(19)4-3-5-13(16)20/h3-8H,1-2H3,(H,22,25). The number of nitrogens with zero attached hydrogens (tertiary/aromatic N) is 3. The van der Waals surface area contributed by atoms with Crippen LogP contribution in [0, 0.1) is 18.6 Å². The molecule has 8 heteroatoms. The molecule has 2 aromatic heterocycles. The minimum atomic E-state index is -0.862. The molecular weight excluding hydrogens is 350 g/mol. The van der Waals surface area contributed by atoms with E-state index < -0.39 is 23.2 Å². The van der Waals surface area contributed by atoms with E-state index in [1.54, 1.807) is 20.0 Å². The van der Waals surface area contributed by atoms with Crippen LogP contribution in [0.15, 0.2) is 36.5 Å². The van der Waals surface area contributed by atoms with Crippen LogP contribution in [0.5, 0.6) is 0 Å². The Hall–Kier alpha value is -2.80. The van der Waals surface area contributed by atoms with Gasteiger partial charge in [-0.1, -0.05) is 17.7 Å². The summed E-state index contributed by atoms with van der Waals surface area (Å²) in [5.74, 6) is -2.45. The molecule has 0 aliphatic rings. The summed E-state index contributed by atoms with van der Waals surface area (Å²) in [6, 6.07) is 6.55. The van der Waals surface area contributed by atoms with Gasteiger partial charge in [-0.05, 0) is 31.2 Å². The Kier molecular flexibility index (Phi) is 4.50. The molecule has 1 N–H and O–H groups in total. The first kappa shape index (κ1) is 17.0. The number of carbonyl (C=O) groups is 1. The van der Waals surface area contributed by atoms with Crippen molar-refractivity contribution in [3.8, 4) is 11.3 Å². The van der Waals surface area contributed by atoms with Crippen molar-refractivity contribution >= 4 is 23.2 Å². The third-order valence-electron chi connectivity index (χ3n) is 3.64. The maximum Gasteiger partial charge on any atom is 0.276 e. The highest BCUT2D eigenvalue weighted by Gasteiger charge is 2.18. The van der Waals surface area contributed by atoms with Crippen molar-refractivity contribution in [2.24, 2.45) is 7.05 Å². The Morgan fingerprint density at radius 1 is 1.24 bits per heavy atom. The molecule has 0 aliphatic carbocycles. The van der Waals surface area contributed by atoms with Crippen LogP contribution in [-0.2, 0) is 7.05 Å². The summed E-state index contributed by atoms with van der Waals surface area (Å²) in [6.45, 7) is 1.80. The molecule has 0 radical (unpaired) electrons. The summed E-state index contributed by atoms with van der Waals surface area (Å²) in [4.78, 5) is 16.5. The first-order chi connectivity index (χ1) is 11.9. The quantitative estimate of drug-likeness (QED) is 0.766. The Morgan fingerprint density at radius 2 is 1.92 bits per heavy atom. The smallest absolute Gasteiger partial charge is 0.276 e. The van der Waals surface area contributed by atoms with Gasteiger partial charge in [0.15, 0.2) is 5.69 Å². The zero-order valence-corrected chi connectivity index (χ0v) is 14.1. The number of benzene rings is 1. The van der Waals surface area contributed by atoms with Crippen LogP contribution < -0.4 is 5.32 Å². The topological polar surface area (TPSA) is 59.8 Å². The first-order valence-corrected chi connectivity index (χ1v) is 7.66. The van der Waals surface area contributed by atoms with E-state index in [9.17, 15) is 13.6 Å². The van der Waals surface area contributed by atoms with Crippen molar-refractivity contribution in [3.05, 3.63) is 64.6 Å². The average Bonchev–Trinajstić information content (AvgIpc) is 2.95. The van der Waals surface area contributed by atoms with Gasteiger partial charge in [0, 0.05) is 24.5 Å². The van der Waals surface area contributed by atoms with Gasteiger partial charge >= 0.3 is 0 Å². The fraction of sp³-hybridized carbons (Fsp3) is 0.118. The van der Waals surface area contributed by atoms with Crippen molar-refractivity contribution in [1.82, 2.24) is 14.8 Å². The minimum Gasteiger partial charge on any atom is -0.316 e. The molecule has 1 aromatic carbocycles. The number of para-hydroxylation sites is 1. The molecule has 3 rings (SSSR count). The molecule has 0 aliphatic heterocycles. The lowest BCUT2D eigenvalue weighted by Crippen LogP contribution is -2.15. The lowest BCUT2D eigenvalue weighted by Gasteiger charge is -2.05. The Bertz CT molecular complexity index is 951. The van der Waals surface area contributed by atoms with Crippen molar-refractivity contribution in [3.63, 3.8) is 0 Å². The fourth-order valence-electron chi connectivity index (χ4n) is 2.39.